The van der Waals surface area contributed by atoms with E-state index < -0.39 is 6.10 Å². The van der Waals surface area contributed by atoms with Crippen molar-refractivity contribution >= 4 is 23.3 Å². The van der Waals surface area contributed by atoms with E-state index in [1.165, 1.54) is 13.3 Å². The van der Waals surface area contributed by atoms with E-state index in [0.29, 0.717) is 23.1 Å². The predicted octanol–water partition coefficient (Wildman–Crippen LogP) is 3.83. The molecule has 5 nitrogen and oxygen atoms in total. The smallest absolute Gasteiger partial charge is 0.310 e. The summed E-state index contributed by atoms with van der Waals surface area (Å²) in [5, 5.41) is 2.75. The second-order valence-electron chi connectivity index (χ2n) is 8.66. The summed E-state index contributed by atoms with van der Waals surface area (Å²) in [7, 11) is 0. The number of hydrogen-bond acceptors (Lipinski definition) is 4. The van der Waals surface area contributed by atoms with Gasteiger partial charge in [0.05, 0.1) is 5.92 Å². The van der Waals surface area contributed by atoms with E-state index in [1.54, 1.807) is 31.2 Å². The van der Waals surface area contributed by atoms with Crippen LogP contribution < -0.4 is 5.32 Å². The first kappa shape index (κ1) is 18.2. The number of esters is 1. The van der Waals surface area contributed by atoms with Crippen molar-refractivity contribution in [3.8, 4) is 0 Å². The molecule has 5 rings (SSSR count). The molecule has 4 aliphatic rings. The second-order valence-corrected chi connectivity index (χ2v) is 8.66. The molecular formula is C22H27NO4. The molecule has 4 bridgehead atoms. The van der Waals surface area contributed by atoms with Crippen LogP contribution in [-0.4, -0.2) is 23.8 Å². The van der Waals surface area contributed by atoms with Crippen LogP contribution in [0, 0.1) is 29.6 Å². The van der Waals surface area contributed by atoms with Crippen molar-refractivity contribution in [3.63, 3.8) is 0 Å². The first-order valence-corrected chi connectivity index (χ1v) is 10.0. The van der Waals surface area contributed by atoms with Gasteiger partial charge in [-0.15, -0.1) is 0 Å². The molecule has 4 aliphatic carbocycles. The Kier molecular flexibility index (Phi) is 4.79. The van der Waals surface area contributed by atoms with E-state index in [2.05, 4.69) is 5.32 Å². The van der Waals surface area contributed by atoms with Crippen molar-refractivity contribution < 1.29 is 19.1 Å². The molecule has 144 valence electrons. The Bertz CT molecular complexity index is 726. The van der Waals surface area contributed by atoms with Crippen molar-refractivity contribution in [2.45, 2.75) is 52.1 Å². The third-order valence-electron chi connectivity index (χ3n) is 6.72. The van der Waals surface area contributed by atoms with Crippen LogP contribution in [0.2, 0.25) is 0 Å². The normalized spacial score (nSPS) is 32.0. The first-order valence-electron chi connectivity index (χ1n) is 10.0. The quantitative estimate of drug-likeness (QED) is 0.632. The fourth-order valence-electron chi connectivity index (χ4n) is 5.65. The van der Waals surface area contributed by atoms with Gasteiger partial charge in [-0.25, -0.2) is 0 Å². The zero-order valence-corrected chi connectivity index (χ0v) is 15.9. The number of anilines is 1. The van der Waals surface area contributed by atoms with E-state index in [0.717, 1.165) is 37.5 Å². The molecule has 5 heteroatoms. The van der Waals surface area contributed by atoms with Gasteiger partial charge in [-0.1, -0.05) is 0 Å². The molecular weight excluding hydrogens is 342 g/mol. The number of ketones is 1. The molecule has 1 amide bonds. The summed E-state index contributed by atoms with van der Waals surface area (Å²) in [5.74, 6) is 1.91. The zero-order chi connectivity index (χ0) is 19.1. The van der Waals surface area contributed by atoms with Crippen LogP contribution in [0.5, 0.6) is 0 Å². The van der Waals surface area contributed by atoms with Gasteiger partial charge < -0.3 is 10.1 Å². The maximum atomic E-state index is 12.8. The largest absolute Gasteiger partial charge is 0.452 e. The van der Waals surface area contributed by atoms with E-state index in [-0.39, 0.29) is 23.6 Å². The molecule has 1 N–H and O–H groups in total. The van der Waals surface area contributed by atoms with Gasteiger partial charge >= 0.3 is 5.97 Å². The molecule has 0 saturated heterocycles. The molecule has 0 heterocycles. The summed E-state index contributed by atoms with van der Waals surface area (Å²) in [6.45, 7) is 3.12. The monoisotopic (exact) mass is 369 g/mol. The third-order valence-corrected chi connectivity index (χ3v) is 6.72. The lowest BCUT2D eigenvalue weighted by Crippen LogP contribution is -2.49. The average Bonchev–Trinajstić information content (AvgIpc) is 2.61. The van der Waals surface area contributed by atoms with E-state index in [4.69, 9.17) is 4.74 Å². The van der Waals surface area contributed by atoms with Crippen LogP contribution in [0.4, 0.5) is 5.69 Å². The summed E-state index contributed by atoms with van der Waals surface area (Å²) in [6.07, 6.45) is 5.11. The van der Waals surface area contributed by atoms with E-state index in [9.17, 15) is 14.4 Å². The molecule has 1 atom stereocenters. The number of hydrogen-bond donors (Lipinski definition) is 1. The highest BCUT2D eigenvalue weighted by Crippen LogP contribution is 2.56. The number of benzene rings is 1. The van der Waals surface area contributed by atoms with Gasteiger partial charge in [0.25, 0.3) is 5.91 Å². The number of rotatable bonds is 5. The van der Waals surface area contributed by atoms with Crippen molar-refractivity contribution in [1.82, 2.24) is 0 Å². The van der Waals surface area contributed by atoms with Crippen molar-refractivity contribution in [3.05, 3.63) is 29.8 Å². The fraction of sp³-hybridized carbons (Fsp3) is 0.591. The van der Waals surface area contributed by atoms with Gasteiger partial charge in [-0.05, 0) is 93.9 Å². The Balaban J connectivity index is 1.34. The topological polar surface area (TPSA) is 72.5 Å². The number of Topliss-reactive ketones (excluding diaryl/α,β-unsaturated/α-hetero) is 1. The van der Waals surface area contributed by atoms with Crippen LogP contribution in [0.3, 0.4) is 0 Å². The summed E-state index contributed by atoms with van der Waals surface area (Å²) < 4.78 is 5.57. The fourth-order valence-corrected chi connectivity index (χ4v) is 5.65. The first-order chi connectivity index (χ1) is 12.9. The number of carbonyl (C=O) groups is 3. The van der Waals surface area contributed by atoms with Crippen molar-refractivity contribution in [2.24, 2.45) is 29.6 Å². The van der Waals surface area contributed by atoms with Gasteiger partial charge in [-0.2, -0.15) is 0 Å². The van der Waals surface area contributed by atoms with Gasteiger partial charge in [0.15, 0.2) is 11.9 Å². The van der Waals surface area contributed by atoms with Crippen molar-refractivity contribution in [1.29, 1.82) is 0 Å². The van der Waals surface area contributed by atoms with Gasteiger partial charge in [0.2, 0.25) is 0 Å². The molecule has 0 unspecified atom stereocenters. The summed E-state index contributed by atoms with van der Waals surface area (Å²) in [4.78, 5) is 36.5. The van der Waals surface area contributed by atoms with Crippen molar-refractivity contribution in [2.75, 3.05) is 5.32 Å². The Labute approximate surface area is 159 Å². The molecule has 0 radical (unpaired) electrons. The lowest BCUT2D eigenvalue weighted by molar-refractivity contribution is -0.169. The molecule has 4 saturated carbocycles. The van der Waals surface area contributed by atoms with Crippen LogP contribution in [-0.2, 0) is 14.3 Å². The number of ether oxygens (including phenoxy) is 1. The highest BCUT2D eigenvalue weighted by atomic mass is 16.5. The minimum absolute atomic E-state index is 0.0224. The molecule has 0 aromatic heterocycles. The molecule has 27 heavy (non-hydrogen) atoms. The van der Waals surface area contributed by atoms with Gasteiger partial charge in [0, 0.05) is 11.3 Å². The molecule has 1 aromatic carbocycles. The highest BCUT2D eigenvalue weighted by molar-refractivity contribution is 5.97. The SMILES string of the molecule is CC(=O)c1ccc(NC(=O)[C@H](C)OC(=O)C2C3CC4CC(C3)CC2C4)cc1. The zero-order valence-electron chi connectivity index (χ0n) is 15.9. The minimum atomic E-state index is -0.831. The standard InChI is InChI=1S/C22H27NO4/c1-12(24)16-3-5-19(6-4-16)23-21(25)13(2)27-22(26)20-17-8-14-7-15(10-17)11-18(20)9-14/h3-6,13-15,17-18,20H,7-11H2,1-2H3,(H,23,25)/t13-,14?,15?,17?,18?,20?/m0/s1. The highest BCUT2D eigenvalue weighted by Gasteiger charge is 2.51. The van der Waals surface area contributed by atoms with Crippen LogP contribution >= 0.6 is 0 Å². The number of nitrogens with one attached hydrogen (secondary N) is 1. The predicted molar refractivity (Wildman–Crippen MR) is 101 cm³/mol. The van der Waals surface area contributed by atoms with E-state index in [1.807, 2.05) is 0 Å². The maximum absolute atomic E-state index is 12.8. The van der Waals surface area contributed by atoms with Crippen LogP contribution in [0.1, 0.15) is 56.3 Å². The number of amides is 1. The Morgan fingerprint density at radius 3 is 2.04 bits per heavy atom. The van der Waals surface area contributed by atoms with Gasteiger partial charge in [-0.3, -0.25) is 14.4 Å². The Morgan fingerprint density at radius 2 is 1.52 bits per heavy atom. The Morgan fingerprint density at radius 1 is 0.963 bits per heavy atom. The average molecular weight is 369 g/mol. The van der Waals surface area contributed by atoms with Crippen LogP contribution in [0.25, 0.3) is 0 Å². The lowest BCUT2D eigenvalue weighted by atomic mass is 9.52. The molecule has 0 spiro atoms. The molecule has 4 fully saturated rings. The van der Waals surface area contributed by atoms with E-state index >= 15 is 0 Å². The lowest BCUT2D eigenvalue weighted by Gasteiger charge is -2.53. The van der Waals surface area contributed by atoms with Crippen LogP contribution in [0.15, 0.2) is 24.3 Å². The molecule has 0 aliphatic heterocycles. The summed E-state index contributed by atoms with van der Waals surface area (Å²) >= 11 is 0. The van der Waals surface area contributed by atoms with Gasteiger partial charge in [0.1, 0.15) is 0 Å². The second kappa shape index (κ2) is 7.10. The summed E-state index contributed by atoms with van der Waals surface area (Å²) in [6, 6.07) is 6.70. The minimum Gasteiger partial charge on any atom is -0.452 e. The summed E-state index contributed by atoms with van der Waals surface area (Å²) in [5.41, 5.74) is 1.18. The Hall–Kier alpha value is -2.17. The number of carbonyl (C=O) groups excluding carboxylic acids is 3. The third kappa shape index (κ3) is 3.64. The maximum Gasteiger partial charge on any atom is 0.310 e. The molecule has 1 aromatic rings.